The molecule has 0 atom stereocenters. The molecule has 1 aromatic carbocycles. The maximum atomic E-state index is 13.0. The van der Waals surface area contributed by atoms with E-state index in [9.17, 15) is 13.2 Å². The fraction of sp³-hybridized carbons (Fsp3) is 0.450. The molecule has 3 rings (SSSR count). The number of hydrogen-bond donors (Lipinski definition) is 1. The van der Waals surface area contributed by atoms with Crippen molar-refractivity contribution in [3.05, 3.63) is 41.2 Å². The van der Waals surface area contributed by atoms with Gasteiger partial charge >= 0.3 is 0 Å². The maximum Gasteiger partial charge on any atom is 0.243 e. The van der Waals surface area contributed by atoms with Gasteiger partial charge in [-0.25, -0.2) is 18.4 Å². The average Bonchev–Trinajstić information content (AvgIpc) is 2.68. The Balaban J connectivity index is 1.69. The van der Waals surface area contributed by atoms with E-state index in [0.717, 1.165) is 30.7 Å². The van der Waals surface area contributed by atoms with Crippen molar-refractivity contribution in [1.29, 1.82) is 0 Å². The van der Waals surface area contributed by atoms with Crippen molar-refractivity contribution in [2.24, 2.45) is 0 Å². The van der Waals surface area contributed by atoms with E-state index in [1.807, 2.05) is 19.9 Å². The lowest BCUT2D eigenvalue weighted by atomic mass is 10.2. The van der Waals surface area contributed by atoms with Crippen LogP contribution in [0.15, 0.2) is 34.3 Å². The van der Waals surface area contributed by atoms with Crippen LogP contribution in [0.2, 0.25) is 0 Å². The van der Waals surface area contributed by atoms with Gasteiger partial charge in [-0.3, -0.25) is 4.79 Å². The van der Waals surface area contributed by atoms with Crippen molar-refractivity contribution in [3.8, 4) is 0 Å². The van der Waals surface area contributed by atoms with Gasteiger partial charge in [0.15, 0.2) is 5.16 Å². The van der Waals surface area contributed by atoms with E-state index >= 15 is 0 Å². The lowest BCUT2D eigenvalue weighted by Gasteiger charge is -2.26. The van der Waals surface area contributed by atoms with Crippen LogP contribution >= 0.6 is 11.8 Å². The van der Waals surface area contributed by atoms with Gasteiger partial charge in [0.1, 0.15) is 0 Å². The second-order valence-corrected chi connectivity index (χ2v) is 10.1. The first kappa shape index (κ1) is 21.7. The molecule has 1 saturated heterocycles. The van der Waals surface area contributed by atoms with Crippen LogP contribution in [0.4, 0.5) is 5.69 Å². The number of amides is 1. The van der Waals surface area contributed by atoms with E-state index in [-0.39, 0.29) is 16.6 Å². The van der Waals surface area contributed by atoms with Gasteiger partial charge in [-0.15, -0.1) is 0 Å². The highest BCUT2D eigenvalue weighted by Crippen LogP contribution is 2.26. The van der Waals surface area contributed by atoms with Gasteiger partial charge in [-0.2, -0.15) is 4.31 Å². The van der Waals surface area contributed by atoms with Crippen LogP contribution in [0, 0.1) is 20.8 Å². The van der Waals surface area contributed by atoms with E-state index in [1.165, 1.54) is 16.1 Å². The smallest absolute Gasteiger partial charge is 0.243 e. The molecule has 1 amide bonds. The third kappa shape index (κ3) is 5.55. The molecule has 1 aliphatic rings. The molecule has 1 aromatic heterocycles. The monoisotopic (exact) mass is 434 g/mol. The first-order valence-electron chi connectivity index (χ1n) is 9.61. The first-order chi connectivity index (χ1) is 13.8. The van der Waals surface area contributed by atoms with Gasteiger partial charge < -0.3 is 5.32 Å². The summed E-state index contributed by atoms with van der Waals surface area (Å²) in [7, 11) is -3.56. The molecule has 0 radical (unpaired) electrons. The number of carbonyl (C=O) groups excluding carboxylic acids is 1. The number of benzene rings is 1. The van der Waals surface area contributed by atoms with Crippen LogP contribution in [0.5, 0.6) is 0 Å². The number of sulfonamides is 1. The molecule has 29 heavy (non-hydrogen) atoms. The lowest BCUT2D eigenvalue weighted by molar-refractivity contribution is -0.113. The summed E-state index contributed by atoms with van der Waals surface area (Å²) in [5.74, 6) is -0.0896. The van der Waals surface area contributed by atoms with Gasteiger partial charge in [-0.05, 0) is 57.4 Å². The molecule has 2 aromatic rings. The molecular weight excluding hydrogens is 408 g/mol. The van der Waals surface area contributed by atoms with Crippen LogP contribution in [-0.4, -0.2) is 47.4 Å². The van der Waals surface area contributed by atoms with Crippen LogP contribution in [-0.2, 0) is 14.8 Å². The minimum Gasteiger partial charge on any atom is -0.325 e. The second-order valence-electron chi connectivity index (χ2n) is 7.22. The molecule has 0 spiro atoms. The molecule has 1 fully saturated rings. The van der Waals surface area contributed by atoms with Crippen LogP contribution in [0.3, 0.4) is 0 Å². The van der Waals surface area contributed by atoms with Gasteiger partial charge in [-0.1, -0.05) is 24.2 Å². The number of nitrogens with one attached hydrogen (secondary N) is 1. The number of anilines is 1. The van der Waals surface area contributed by atoms with E-state index in [2.05, 4.69) is 15.3 Å². The summed E-state index contributed by atoms with van der Waals surface area (Å²) in [6.45, 7) is 6.64. The number of carbonyl (C=O) groups is 1. The largest absolute Gasteiger partial charge is 0.325 e. The quantitative estimate of drug-likeness (QED) is 0.554. The summed E-state index contributed by atoms with van der Waals surface area (Å²) in [5.41, 5.74) is 2.85. The first-order valence-corrected chi connectivity index (χ1v) is 12.0. The Labute approximate surface area is 176 Å². The molecule has 0 aliphatic carbocycles. The van der Waals surface area contributed by atoms with Crippen LogP contribution in [0.25, 0.3) is 0 Å². The van der Waals surface area contributed by atoms with E-state index in [4.69, 9.17) is 0 Å². The second kappa shape index (κ2) is 9.23. The Morgan fingerprint density at radius 2 is 1.72 bits per heavy atom. The highest BCUT2D eigenvalue weighted by Gasteiger charge is 2.27. The summed E-state index contributed by atoms with van der Waals surface area (Å²) >= 11 is 1.25. The molecular formula is C20H26N4O3S2. The Hall–Kier alpha value is -1.97. The average molecular weight is 435 g/mol. The molecule has 0 bridgehead atoms. The minimum absolute atomic E-state index is 0.144. The normalized spacial score (nSPS) is 15.3. The number of thioether (sulfide) groups is 1. The zero-order chi connectivity index (χ0) is 21.0. The Morgan fingerprint density at radius 3 is 2.38 bits per heavy atom. The molecule has 0 unspecified atom stereocenters. The molecule has 0 saturated carbocycles. The molecule has 1 aliphatic heterocycles. The highest BCUT2D eigenvalue weighted by molar-refractivity contribution is 7.99. The van der Waals surface area contributed by atoms with Gasteiger partial charge in [0, 0.05) is 30.2 Å². The standard InChI is InChI=1S/C20H26N4O3S2/c1-14-7-8-17(12-18(14)29(26,27)24-9-5-4-6-10-24)23-19(25)13-28-20-21-15(2)11-16(3)22-20/h7-8,11-12H,4-6,9-10,13H2,1-3H3,(H,23,25). The van der Waals surface area contributed by atoms with Crippen molar-refractivity contribution < 1.29 is 13.2 Å². The lowest BCUT2D eigenvalue weighted by Crippen LogP contribution is -2.36. The van der Waals surface area contributed by atoms with Crippen molar-refractivity contribution in [3.63, 3.8) is 0 Å². The topological polar surface area (TPSA) is 92.3 Å². The number of aromatic nitrogens is 2. The van der Waals surface area contributed by atoms with Crippen molar-refractivity contribution in [2.75, 3.05) is 24.2 Å². The van der Waals surface area contributed by atoms with Crippen molar-refractivity contribution in [1.82, 2.24) is 14.3 Å². The number of hydrogen-bond acceptors (Lipinski definition) is 6. The SMILES string of the molecule is Cc1cc(C)nc(SCC(=O)Nc2ccc(C)c(S(=O)(=O)N3CCCCC3)c2)n1. The van der Waals surface area contributed by atoms with Crippen molar-refractivity contribution in [2.45, 2.75) is 50.1 Å². The molecule has 1 N–H and O–H groups in total. The van der Waals surface area contributed by atoms with Gasteiger partial charge in [0.05, 0.1) is 10.6 Å². The molecule has 156 valence electrons. The molecule has 7 nitrogen and oxygen atoms in total. The Bertz CT molecular complexity index is 983. The predicted molar refractivity (Wildman–Crippen MR) is 115 cm³/mol. The van der Waals surface area contributed by atoms with Gasteiger partial charge in [0.2, 0.25) is 15.9 Å². The zero-order valence-electron chi connectivity index (χ0n) is 16.9. The third-order valence-corrected chi connectivity index (χ3v) is 7.59. The fourth-order valence-corrected chi connectivity index (χ4v) is 5.80. The minimum atomic E-state index is -3.56. The van der Waals surface area contributed by atoms with Crippen LogP contribution in [0.1, 0.15) is 36.2 Å². The number of piperidine rings is 1. The van der Waals surface area contributed by atoms with E-state index in [1.54, 1.807) is 25.1 Å². The Morgan fingerprint density at radius 1 is 1.07 bits per heavy atom. The highest BCUT2D eigenvalue weighted by atomic mass is 32.2. The summed E-state index contributed by atoms with van der Waals surface area (Å²) in [5, 5.41) is 3.34. The van der Waals surface area contributed by atoms with E-state index < -0.39 is 10.0 Å². The summed E-state index contributed by atoms with van der Waals surface area (Å²) in [6.07, 6.45) is 2.82. The Kier molecular flexibility index (Phi) is 6.92. The molecule has 9 heteroatoms. The fourth-order valence-electron chi connectivity index (χ4n) is 3.29. The zero-order valence-corrected chi connectivity index (χ0v) is 18.6. The summed E-state index contributed by atoms with van der Waals surface area (Å²) in [4.78, 5) is 21.2. The number of nitrogens with zero attached hydrogens (tertiary/aromatic N) is 3. The van der Waals surface area contributed by atoms with Gasteiger partial charge in [0.25, 0.3) is 0 Å². The number of aryl methyl sites for hydroxylation is 3. The maximum absolute atomic E-state index is 13.0. The summed E-state index contributed by atoms with van der Waals surface area (Å²) in [6, 6.07) is 6.88. The predicted octanol–water partition coefficient (Wildman–Crippen LogP) is 3.31. The van der Waals surface area contributed by atoms with E-state index in [0.29, 0.717) is 29.5 Å². The van der Waals surface area contributed by atoms with Crippen molar-refractivity contribution >= 4 is 33.4 Å². The molecule has 2 heterocycles. The third-order valence-electron chi connectivity index (χ3n) is 4.70. The number of rotatable bonds is 6. The summed E-state index contributed by atoms with van der Waals surface area (Å²) < 4.78 is 27.6. The van der Waals surface area contributed by atoms with Crippen LogP contribution < -0.4 is 5.32 Å².